The Morgan fingerprint density at radius 3 is 2.55 bits per heavy atom. The molecular weight excluding hydrogens is 266 g/mol. The van der Waals surface area contributed by atoms with Crippen molar-refractivity contribution in [2.24, 2.45) is 0 Å². The van der Waals surface area contributed by atoms with E-state index >= 15 is 0 Å². The van der Waals surface area contributed by atoms with Gasteiger partial charge in [-0.1, -0.05) is 6.07 Å². The van der Waals surface area contributed by atoms with E-state index in [-0.39, 0.29) is 11.3 Å². The number of H-pyrrole nitrogens is 1. The fourth-order valence-electron chi connectivity index (χ4n) is 1.88. The maximum atomic E-state index is 11.2. The largest absolute Gasteiger partial charge is 0.477 e. The predicted molar refractivity (Wildman–Crippen MR) is 68.2 cm³/mol. The molecule has 1 aromatic carbocycles. The lowest BCUT2D eigenvalue weighted by Crippen LogP contribution is -2.28. The summed E-state index contributed by atoms with van der Waals surface area (Å²) in [7, 11) is 1.10. The van der Waals surface area contributed by atoms with Crippen LogP contribution in [0.1, 0.15) is 22.2 Å². The number of aromatic carboxylic acids is 1. The van der Waals surface area contributed by atoms with E-state index in [1.54, 1.807) is 6.07 Å². The average molecular weight is 279 g/mol. The van der Waals surface area contributed by atoms with Crippen LogP contribution in [0.5, 0.6) is 0 Å². The fraction of sp³-hybridized carbons (Fsp3) is 0.231. The maximum absolute atomic E-state index is 11.2. The Kier molecular flexibility index (Phi) is 3.73. The molecule has 0 aliphatic carbocycles. The van der Waals surface area contributed by atoms with E-state index in [0.717, 1.165) is 7.11 Å². The highest BCUT2D eigenvalue weighted by molar-refractivity contribution is 5.94. The summed E-state index contributed by atoms with van der Waals surface area (Å²) in [6.07, 6.45) is -3.15. The topological polar surface area (TPSA) is 120 Å². The molecule has 0 radical (unpaired) electrons. The number of carboxylic acids is 1. The van der Waals surface area contributed by atoms with Crippen LogP contribution >= 0.6 is 0 Å². The van der Waals surface area contributed by atoms with Crippen molar-refractivity contribution >= 4 is 22.8 Å². The van der Waals surface area contributed by atoms with Gasteiger partial charge in [0, 0.05) is 10.9 Å². The smallest absolute Gasteiger partial charge is 0.352 e. The molecule has 1 heterocycles. The minimum Gasteiger partial charge on any atom is -0.477 e. The van der Waals surface area contributed by atoms with Crippen molar-refractivity contribution in [3.8, 4) is 0 Å². The van der Waals surface area contributed by atoms with Crippen LogP contribution in [0.25, 0.3) is 10.9 Å². The van der Waals surface area contributed by atoms with Gasteiger partial charge < -0.3 is 25.0 Å². The normalized spacial score (nSPS) is 13.9. The SMILES string of the molecule is COC(=O)C(O)C(O)c1ccc2[nH]c(C(=O)O)cc2c1. The minimum absolute atomic E-state index is 0.0140. The van der Waals surface area contributed by atoms with Crippen molar-refractivity contribution in [2.75, 3.05) is 7.11 Å². The van der Waals surface area contributed by atoms with Gasteiger partial charge >= 0.3 is 11.9 Å². The molecule has 0 aliphatic rings. The molecule has 2 rings (SSSR count). The highest BCUT2D eigenvalue weighted by atomic mass is 16.5. The highest BCUT2D eigenvalue weighted by Crippen LogP contribution is 2.23. The summed E-state index contributed by atoms with van der Waals surface area (Å²) in [6.45, 7) is 0. The van der Waals surface area contributed by atoms with Gasteiger partial charge in [-0.05, 0) is 23.8 Å². The van der Waals surface area contributed by atoms with E-state index in [1.807, 2.05) is 0 Å². The van der Waals surface area contributed by atoms with Crippen LogP contribution in [0.15, 0.2) is 24.3 Å². The van der Waals surface area contributed by atoms with E-state index in [4.69, 9.17) is 5.11 Å². The number of rotatable bonds is 4. The van der Waals surface area contributed by atoms with E-state index in [2.05, 4.69) is 9.72 Å². The van der Waals surface area contributed by atoms with Gasteiger partial charge in [-0.3, -0.25) is 0 Å². The number of aliphatic hydroxyl groups is 2. The molecule has 0 spiro atoms. The Morgan fingerprint density at radius 1 is 1.25 bits per heavy atom. The molecular formula is C13H13NO6. The third-order valence-corrected chi connectivity index (χ3v) is 2.96. The molecule has 1 aromatic heterocycles. The molecule has 20 heavy (non-hydrogen) atoms. The Hall–Kier alpha value is -2.38. The zero-order valence-electron chi connectivity index (χ0n) is 10.5. The van der Waals surface area contributed by atoms with Crippen LogP contribution in [0.3, 0.4) is 0 Å². The molecule has 0 saturated heterocycles. The number of benzene rings is 1. The monoisotopic (exact) mass is 279 g/mol. The summed E-state index contributed by atoms with van der Waals surface area (Å²) in [5, 5.41) is 28.9. The second-order valence-corrected chi connectivity index (χ2v) is 4.25. The Morgan fingerprint density at radius 2 is 1.95 bits per heavy atom. The molecule has 0 fully saturated rings. The first-order chi connectivity index (χ1) is 9.43. The van der Waals surface area contributed by atoms with E-state index in [1.165, 1.54) is 18.2 Å². The molecule has 4 N–H and O–H groups in total. The molecule has 0 amide bonds. The number of fused-ring (bicyclic) bond motifs is 1. The maximum Gasteiger partial charge on any atom is 0.352 e. The van der Waals surface area contributed by atoms with Gasteiger partial charge in [0.05, 0.1) is 7.11 Å². The third-order valence-electron chi connectivity index (χ3n) is 2.96. The van der Waals surface area contributed by atoms with Gasteiger partial charge in [0.1, 0.15) is 11.8 Å². The summed E-state index contributed by atoms with van der Waals surface area (Å²) in [5.41, 5.74) is 0.873. The van der Waals surface area contributed by atoms with E-state index < -0.39 is 24.1 Å². The Labute approximate surface area is 113 Å². The molecule has 7 nitrogen and oxygen atoms in total. The van der Waals surface area contributed by atoms with Crippen molar-refractivity contribution in [1.29, 1.82) is 0 Å². The van der Waals surface area contributed by atoms with Gasteiger partial charge in [0.15, 0.2) is 6.10 Å². The number of nitrogens with one attached hydrogen (secondary N) is 1. The molecule has 2 unspecified atom stereocenters. The van der Waals surface area contributed by atoms with Gasteiger partial charge in [-0.2, -0.15) is 0 Å². The van der Waals surface area contributed by atoms with Crippen LogP contribution < -0.4 is 0 Å². The second-order valence-electron chi connectivity index (χ2n) is 4.25. The lowest BCUT2D eigenvalue weighted by Gasteiger charge is -2.15. The molecule has 7 heteroatoms. The van der Waals surface area contributed by atoms with Gasteiger partial charge in [-0.15, -0.1) is 0 Å². The lowest BCUT2D eigenvalue weighted by molar-refractivity contribution is -0.156. The van der Waals surface area contributed by atoms with Crippen molar-refractivity contribution in [3.63, 3.8) is 0 Å². The number of aliphatic hydroxyl groups excluding tert-OH is 2. The van der Waals surface area contributed by atoms with Crippen LogP contribution in [0.4, 0.5) is 0 Å². The van der Waals surface area contributed by atoms with Gasteiger partial charge in [0.2, 0.25) is 0 Å². The van der Waals surface area contributed by atoms with Crippen molar-refractivity contribution in [2.45, 2.75) is 12.2 Å². The van der Waals surface area contributed by atoms with Crippen molar-refractivity contribution in [1.82, 2.24) is 4.98 Å². The molecule has 2 aromatic rings. The zero-order valence-corrected chi connectivity index (χ0v) is 10.5. The van der Waals surface area contributed by atoms with Gasteiger partial charge in [-0.25, -0.2) is 9.59 Å². The highest BCUT2D eigenvalue weighted by Gasteiger charge is 2.26. The number of hydrogen-bond acceptors (Lipinski definition) is 5. The number of ether oxygens (including phenoxy) is 1. The minimum atomic E-state index is -1.70. The fourth-order valence-corrected chi connectivity index (χ4v) is 1.88. The molecule has 0 bridgehead atoms. The summed E-state index contributed by atoms with van der Waals surface area (Å²) < 4.78 is 4.34. The Bertz CT molecular complexity index is 662. The van der Waals surface area contributed by atoms with Crippen LogP contribution in [0.2, 0.25) is 0 Å². The molecule has 106 valence electrons. The number of aromatic amines is 1. The summed E-state index contributed by atoms with van der Waals surface area (Å²) in [4.78, 5) is 24.7. The van der Waals surface area contributed by atoms with E-state index in [9.17, 15) is 19.8 Å². The molecule has 2 atom stereocenters. The zero-order chi connectivity index (χ0) is 14.9. The number of carboxylic acid groups (broad SMARTS) is 1. The van der Waals surface area contributed by atoms with Crippen LogP contribution in [-0.4, -0.2) is 45.5 Å². The molecule has 0 aliphatic heterocycles. The Balaban J connectivity index is 2.35. The standard InChI is InChI=1S/C13H13NO6/c1-20-13(19)11(16)10(15)6-2-3-8-7(4-6)5-9(14-8)12(17)18/h2-5,10-11,14-16H,1H3,(H,17,18). The number of methoxy groups -OCH3 is 1. The number of aromatic nitrogens is 1. The number of carbonyl (C=O) groups excluding carboxylic acids is 1. The van der Waals surface area contributed by atoms with Crippen molar-refractivity contribution in [3.05, 3.63) is 35.5 Å². The third kappa shape index (κ3) is 2.49. The van der Waals surface area contributed by atoms with Crippen molar-refractivity contribution < 1.29 is 29.6 Å². The summed E-state index contributed by atoms with van der Waals surface area (Å²) >= 11 is 0. The first kappa shape index (κ1) is 14.0. The second kappa shape index (κ2) is 5.32. The predicted octanol–water partition coefficient (Wildman–Crippen LogP) is 0.433. The molecule has 0 saturated carbocycles. The lowest BCUT2D eigenvalue weighted by atomic mass is 10.0. The quantitative estimate of drug-likeness (QED) is 0.602. The summed E-state index contributed by atoms with van der Waals surface area (Å²) in [6, 6.07) is 5.94. The van der Waals surface area contributed by atoms with Gasteiger partial charge in [0.25, 0.3) is 0 Å². The van der Waals surface area contributed by atoms with Crippen LogP contribution in [0, 0.1) is 0 Å². The first-order valence-electron chi connectivity index (χ1n) is 5.74. The first-order valence-corrected chi connectivity index (χ1v) is 5.74. The number of carbonyl (C=O) groups is 2. The van der Waals surface area contributed by atoms with Crippen LogP contribution in [-0.2, 0) is 9.53 Å². The van der Waals surface area contributed by atoms with E-state index in [0.29, 0.717) is 10.9 Å². The number of hydrogen-bond donors (Lipinski definition) is 4. The summed E-state index contributed by atoms with van der Waals surface area (Å²) in [5.74, 6) is -2.05. The average Bonchev–Trinajstić information content (AvgIpc) is 2.87. The number of esters is 1.